The Morgan fingerprint density at radius 3 is 2.61 bits per heavy atom. The average Bonchev–Trinajstić information content (AvgIpc) is 3.48. The number of phenols is 1. The second-order valence-corrected chi connectivity index (χ2v) is 9.39. The fourth-order valence-corrected chi connectivity index (χ4v) is 4.95. The van der Waals surface area contributed by atoms with E-state index in [4.69, 9.17) is 9.47 Å². The molecule has 8 nitrogen and oxygen atoms in total. The van der Waals surface area contributed by atoms with E-state index in [2.05, 4.69) is 22.1 Å². The normalized spacial score (nSPS) is 14.5. The number of pyridine rings is 1. The molecule has 2 aromatic heterocycles. The summed E-state index contributed by atoms with van der Waals surface area (Å²) in [4.78, 5) is 19.6. The first-order chi connectivity index (χ1) is 18.6. The minimum Gasteiger partial charge on any atom is -0.507 e. The fraction of sp³-hybridized carbons (Fsp3) is 0.300. The van der Waals surface area contributed by atoms with Crippen LogP contribution in [0.1, 0.15) is 65.8 Å². The fourth-order valence-electron chi connectivity index (χ4n) is 4.95. The first-order valence-electron chi connectivity index (χ1n) is 13.0. The van der Waals surface area contributed by atoms with E-state index in [9.17, 15) is 9.90 Å². The third kappa shape index (κ3) is 4.94. The van der Waals surface area contributed by atoms with E-state index in [1.54, 1.807) is 37.7 Å². The molecular weight excluding hydrogens is 480 g/mol. The number of phenolic OH excluding ortho intramolecular Hbond substituents is 1. The number of carbonyl (C=O) groups excluding carboxylic acids is 1. The number of carbonyl (C=O) groups is 1. The van der Waals surface area contributed by atoms with E-state index in [0.29, 0.717) is 41.6 Å². The lowest BCUT2D eigenvalue weighted by atomic mass is 9.95. The van der Waals surface area contributed by atoms with Gasteiger partial charge in [0.05, 0.1) is 19.8 Å². The van der Waals surface area contributed by atoms with E-state index in [-0.39, 0.29) is 11.7 Å². The molecule has 3 heterocycles. The number of fused-ring (bicyclic) bond motifs is 1. The summed E-state index contributed by atoms with van der Waals surface area (Å²) in [5.74, 6) is 1.22. The van der Waals surface area contributed by atoms with Crippen LogP contribution in [0.2, 0.25) is 0 Å². The lowest BCUT2D eigenvalue weighted by molar-refractivity contribution is 0.0729. The summed E-state index contributed by atoms with van der Waals surface area (Å²) in [5, 5.41) is 18.0. The number of amides is 1. The van der Waals surface area contributed by atoms with Gasteiger partial charge in [0.2, 0.25) is 0 Å². The number of para-hydroxylation sites is 1. The lowest BCUT2D eigenvalue weighted by Crippen LogP contribution is -2.29. The molecule has 1 unspecified atom stereocenters. The van der Waals surface area contributed by atoms with Gasteiger partial charge in [-0.15, -0.1) is 0 Å². The van der Waals surface area contributed by atoms with Crippen molar-refractivity contribution in [2.75, 3.05) is 13.7 Å². The largest absolute Gasteiger partial charge is 0.507 e. The SMILES string of the molecule is CCCCCCOc1ccc(C2c3c(-c4ccccc4O)n[nH]c3C(=O)N2Cc2ccncc2)cc1OC. The number of nitrogens with one attached hydrogen (secondary N) is 1. The minimum atomic E-state index is -0.452. The van der Waals surface area contributed by atoms with Crippen molar-refractivity contribution in [1.29, 1.82) is 0 Å². The number of rotatable bonds is 11. The molecule has 8 heteroatoms. The van der Waals surface area contributed by atoms with Crippen LogP contribution in [-0.4, -0.2) is 44.8 Å². The zero-order chi connectivity index (χ0) is 26.5. The Labute approximate surface area is 222 Å². The zero-order valence-corrected chi connectivity index (χ0v) is 21.7. The van der Waals surface area contributed by atoms with Gasteiger partial charge in [0.25, 0.3) is 5.91 Å². The van der Waals surface area contributed by atoms with Gasteiger partial charge in [0.15, 0.2) is 11.5 Å². The number of aromatic nitrogens is 3. The van der Waals surface area contributed by atoms with Crippen LogP contribution in [0.4, 0.5) is 0 Å². The van der Waals surface area contributed by atoms with Gasteiger partial charge in [0.1, 0.15) is 17.1 Å². The molecule has 0 aliphatic carbocycles. The summed E-state index contributed by atoms with van der Waals surface area (Å²) in [6, 6.07) is 16.2. The minimum absolute atomic E-state index is 0.102. The van der Waals surface area contributed by atoms with E-state index in [0.717, 1.165) is 29.5 Å². The molecule has 0 saturated heterocycles. The molecule has 0 spiro atoms. The van der Waals surface area contributed by atoms with Gasteiger partial charge < -0.3 is 19.5 Å². The standard InChI is InChI=1S/C30H32N4O4/c1-3-4-5-8-17-38-24-12-11-21(18-25(24)37-2)29-26-27(22-9-6-7-10-23(22)35)32-33-28(26)30(36)34(29)19-20-13-15-31-16-14-20/h6-7,9-16,18,29,35H,3-5,8,17,19H2,1-2H3,(H,32,33). The summed E-state index contributed by atoms with van der Waals surface area (Å²) in [5.41, 5.74) is 4.06. The number of methoxy groups -OCH3 is 1. The number of unbranched alkanes of at least 4 members (excludes halogenated alkanes) is 3. The van der Waals surface area contributed by atoms with Crippen molar-refractivity contribution in [3.63, 3.8) is 0 Å². The highest BCUT2D eigenvalue weighted by atomic mass is 16.5. The van der Waals surface area contributed by atoms with E-state index >= 15 is 0 Å². The zero-order valence-electron chi connectivity index (χ0n) is 21.7. The Hall–Kier alpha value is -4.33. The maximum absolute atomic E-state index is 13.7. The molecular formula is C30H32N4O4. The number of aromatic amines is 1. The molecule has 0 fully saturated rings. The van der Waals surface area contributed by atoms with Crippen molar-refractivity contribution in [2.45, 2.75) is 45.2 Å². The van der Waals surface area contributed by atoms with Crippen molar-refractivity contribution in [3.8, 4) is 28.5 Å². The summed E-state index contributed by atoms with van der Waals surface area (Å²) in [6.45, 7) is 3.19. The van der Waals surface area contributed by atoms with E-state index < -0.39 is 6.04 Å². The molecule has 1 aliphatic rings. The third-order valence-corrected chi connectivity index (χ3v) is 6.88. The van der Waals surface area contributed by atoms with Crippen molar-refractivity contribution in [1.82, 2.24) is 20.1 Å². The molecule has 5 rings (SSSR count). The molecule has 0 radical (unpaired) electrons. The average molecular weight is 513 g/mol. The van der Waals surface area contributed by atoms with Gasteiger partial charge in [-0.05, 0) is 53.9 Å². The predicted octanol–water partition coefficient (Wildman–Crippen LogP) is 5.89. The summed E-state index contributed by atoms with van der Waals surface area (Å²) in [7, 11) is 1.62. The quantitative estimate of drug-likeness (QED) is 0.243. The molecule has 38 heavy (non-hydrogen) atoms. The van der Waals surface area contributed by atoms with Crippen LogP contribution in [0.15, 0.2) is 67.0 Å². The van der Waals surface area contributed by atoms with Gasteiger partial charge in [0, 0.05) is 30.1 Å². The Morgan fingerprint density at radius 2 is 1.84 bits per heavy atom. The number of H-pyrrole nitrogens is 1. The van der Waals surface area contributed by atoms with E-state index in [1.807, 2.05) is 41.3 Å². The molecule has 1 amide bonds. The molecule has 1 atom stereocenters. The smallest absolute Gasteiger partial charge is 0.273 e. The second-order valence-electron chi connectivity index (χ2n) is 9.39. The van der Waals surface area contributed by atoms with Crippen LogP contribution in [0, 0.1) is 0 Å². The van der Waals surface area contributed by atoms with Crippen LogP contribution in [0.25, 0.3) is 11.3 Å². The van der Waals surface area contributed by atoms with Crippen molar-refractivity contribution < 1.29 is 19.4 Å². The highest BCUT2D eigenvalue weighted by Crippen LogP contribution is 2.46. The van der Waals surface area contributed by atoms with Gasteiger partial charge in [-0.1, -0.05) is 44.4 Å². The van der Waals surface area contributed by atoms with Crippen LogP contribution in [0.5, 0.6) is 17.2 Å². The first-order valence-corrected chi connectivity index (χ1v) is 13.0. The molecule has 4 aromatic rings. The molecule has 2 aromatic carbocycles. The number of hydrogen-bond acceptors (Lipinski definition) is 6. The van der Waals surface area contributed by atoms with Crippen molar-refractivity contribution in [3.05, 3.63) is 89.4 Å². The topological polar surface area (TPSA) is 101 Å². The summed E-state index contributed by atoms with van der Waals surface area (Å²) >= 11 is 0. The molecule has 2 N–H and O–H groups in total. The number of aromatic hydroxyl groups is 1. The highest BCUT2D eigenvalue weighted by molar-refractivity contribution is 6.00. The summed E-state index contributed by atoms with van der Waals surface area (Å²) in [6.07, 6.45) is 7.91. The van der Waals surface area contributed by atoms with Crippen LogP contribution >= 0.6 is 0 Å². The first kappa shape index (κ1) is 25.3. The van der Waals surface area contributed by atoms with Gasteiger partial charge in [-0.25, -0.2) is 0 Å². The molecule has 0 bridgehead atoms. The number of ether oxygens (including phenoxy) is 2. The Bertz CT molecular complexity index is 1400. The van der Waals surface area contributed by atoms with Crippen molar-refractivity contribution in [2.24, 2.45) is 0 Å². The molecule has 196 valence electrons. The van der Waals surface area contributed by atoms with Crippen LogP contribution < -0.4 is 9.47 Å². The predicted molar refractivity (Wildman–Crippen MR) is 144 cm³/mol. The number of nitrogens with zero attached hydrogens (tertiary/aromatic N) is 3. The van der Waals surface area contributed by atoms with Crippen LogP contribution in [-0.2, 0) is 6.54 Å². The van der Waals surface area contributed by atoms with E-state index in [1.165, 1.54) is 12.8 Å². The number of hydrogen-bond donors (Lipinski definition) is 2. The maximum Gasteiger partial charge on any atom is 0.273 e. The molecule has 1 aliphatic heterocycles. The van der Waals surface area contributed by atoms with Gasteiger partial charge in [-0.2, -0.15) is 5.10 Å². The van der Waals surface area contributed by atoms with Crippen LogP contribution in [0.3, 0.4) is 0 Å². The monoisotopic (exact) mass is 512 g/mol. The third-order valence-electron chi connectivity index (χ3n) is 6.88. The van der Waals surface area contributed by atoms with Gasteiger partial charge >= 0.3 is 0 Å². The maximum atomic E-state index is 13.7. The highest BCUT2D eigenvalue weighted by Gasteiger charge is 2.42. The van der Waals surface area contributed by atoms with Gasteiger partial charge in [-0.3, -0.25) is 14.9 Å². The summed E-state index contributed by atoms with van der Waals surface area (Å²) < 4.78 is 11.7. The lowest BCUT2D eigenvalue weighted by Gasteiger charge is -2.27. The molecule has 0 saturated carbocycles. The Balaban J connectivity index is 1.55. The van der Waals surface area contributed by atoms with Crippen molar-refractivity contribution >= 4 is 5.91 Å². The Morgan fingerprint density at radius 1 is 1.03 bits per heavy atom. The Kier molecular flexibility index (Phi) is 7.58. The number of benzene rings is 2. The second kappa shape index (κ2) is 11.4.